The molecular weight excluding hydrogens is 188 g/mol. The summed E-state index contributed by atoms with van der Waals surface area (Å²) in [6.07, 6.45) is 5.47. The Kier molecular flexibility index (Phi) is 7.96. The summed E-state index contributed by atoms with van der Waals surface area (Å²) in [7, 11) is 0. The first-order valence-electron chi connectivity index (χ1n) is 5.93. The van der Waals surface area contributed by atoms with Gasteiger partial charge >= 0.3 is 0 Å². The van der Waals surface area contributed by atoms with Gasteiger partial charge in [-0.1, -0.05) is 34.1 Å². The van der Waals surface area contributed by atoms with Gasteiger partial charge < -0.3 is 0 Å². The maximum Gasteiger partial charge on any atom is 0.240 e. The van der Waals surface area contributed by atoms with Gasteiger partial charge in [0.2, 0.25) is 5.91 Å². The molecule has 0 saturated heterocycles. The summed E-state index contributed by atoms with van der Waals surface area (Å²) in [6, 6.07) is 0. The summed E-state index contributed by atoms with van der Waals surface area (Å²) in [5.74, 6) is 1.05. The number of unbranched alkanes of at least 4 members (excludes halogenated alkanes) is 1. The number of carbonyl (C=O) groups is 1. The fourth-order valence-corrected chi connectivity index (χ4v) is 1.35. The molecule has 0 aromatic rings. The minimum Gasteiger partial charge on any atom is -0.273 e. The fourth-order valence-electron chi connectivity index (χ4n) is 1.35. The fraction of sp³-hybridized carbons (Fsp3) is 0.833. The first-order chi connectivity index (χ1) is 7.11. The van der Waals surface area contributed by atoms with Crippen molar-refractivity contribution in [1.82, 2.24) is 5.43 Å². The lowest BCUT2D eigenvalue weighted by molar-refractivity contribution is -0.121. The monoisotopic (exact) mass is 212 g/mol. The number of nitrogens with one attached hydrogen (secondary N) is 1. The quantitative estimate of drug-likeness (QED) is 0.511. The number of rotatable bonds is 7. The van der Waals surface area contributed by atoms with Crippen LogP contribution >= 0.6 is 0 Å². The van der Waals surface area contributed by atoms with Gasteiger partial charge in [-0.15, -0.1) is 0 Å². The highest BCUT2D eigenvalue weighted by molar-refractivity contribution is 5.76. The van der Waals surface area contributed by atoms with Crippen LogP contribution in [-0.4, -0.2) is 12.1 Å². The van der Waals surface area contributed by atoms with Crippen LogP contribution in [0, 0.1) is 11.8 Å². The third-order valence-corrected chi connectivity index (χ3v) is 2.54. The number of carbonyl (C=O) groups excluding carboxylic acids is 1. The SMILES string of the molecule is CCCCC(=O)N/N=C/[C@H](CC)C(C)C. The molecule has 1 atom stereocenters. The van der Waals surface area contributed by atoms with E-state index < -0.39 is 0 Å². The van der Waals surface area contributed by atoms with E-state index in [0.717, 1.165) is 19.3 Å². The molecule has 3 nitrogen and oxygen atoms in total. The highest BCUT2D eigenvalue weighted by atomic mass is 16.2. The van der Waals surface area contributed by atoms with Crippen LogP contribution in [0.4, 0.5) is 0 Å². The van der Waals surface area contributed by atoms with Crippen LogP contribution in [0.2, 0.25) is 0 Å². The second-order valence-corrected chi connectivity index (χ2v) is 4.23. The lowest BCUT2D eigenvalue weighted by Gasteiger charge is -2.12. The van der Waals surface area contributed by atoms with Crippen LogP contribution in [0.3, 0.4) is 0 Å². The van der Waals surface area contributed by atoms with Gasteiger partial charge in [-0.2, -0.15) is 5.10 Å². The first kappa shape index (κ1) is 14.1. The molecule has 0 radical (unpaired) electrons. The van der Waals surface area contributed by atoms with Gasteiger partial charge in [0.1, 0.15) is 0 Å². The highest BCUT2D eigenvalue weighted by Gasteiger charge is 2.07. The Morgan fingerprint density at radius 3 is 2.53 bits per heavy atom. The van der Waals surface area contributed by atoms with Crippen molar-refractivity contribution in [3.8, 4) is 0 Å². The van der Waals surface area contributed by atoms with E-state index in [0.29, 0.717) is 18.3 Å². The van der Waals surface area contributed by atoms with E-state index in [2.05, 4.69) is 38.2 Å². The molecule has 1 amide bonds. The summed E-state index contributed by atoms with van der Waals surface area (Å²) in [5, 5.41) is 3.99. The van der Waals surface area contributed by atoms with Crippen LogP contribution in [0.15, 0.2) is 5.10 Å². The Morgan fingerprint density at radius 1 is 1.40 bits per heavy atom. The van der Waals surface area contributed by atoms with Crippen molar-refractivity contribution < 1.29 is 4.79 Å². The maximum atomic E-state index is 11.2. The molecule has 88 valence electrons. The van der Waals surface area contributed by atoms with Crippen molar-refractivity contribution in [2.45, 2.75) is 53.4 Å². The lowest BCUT2D eigenvalue weighted by Crippen LogP contribution is -2.19. The second kappa shape index (κ2) is 8.45. The van der Waals surface area contributed by atoms with Gasteiger partial charge in [-0.25, -0.2) is 5.43 Å². The van der Waals surface area contributed by atoms with Crippen molar-refractivity contribution in [2.24, 2.45) is 16.9 Å². The molecule has 0 saturated carbocycles. The zero-order valence-electron chi connectivity index (χ0n) is 10.4. The molecule has 15 heavy (non-hydrogen) atoms. The maximum absolute atomic E-state index is 11.2. The van der Waals surface area contributed by atoms with Gasteiger partial charge in [-0.05, 0) is 24.7 Å². The molecule has 3 heteroatoms. The predicted molar refractivity (Wildman–Crippen MR) is 64.8 cm³/mol. The second-order valence-electron chi connectivity index (χ2n) is 4.23. The Labute approximate surface area is 93.3 Å². The Balaban J connectivity index is 3.81. The summed E-state index contributed by atoms with van der Waals surface area (Å²) in [6.45, 7) is 8.54. The van der Waals surface area contributed by atoms with E-state index in [1.165, 1.54) is 0 Å². The molecule has 0 aliphatic carbocycles. The molecule has 0 aliphatic heterocycles. The molecule has 0 aromatic heterocycles. The van der Waals surface area contributed by atoms with E-state index in [1.54, 1.807) is 0 Å². The number of nitrogens with zero attached hydrogens (tertiary/aromatic N) is 1. The smallest absolute Gasteiger partial charge is 0.240 e. The Bertz CT molecular complexity index is 200. The molecular formula is C12H24N2O. The number of amides is 1. The van der Waals surface area contributed by atoms with E-state index >= 15 is 0 Å². The minimum atomic E-state index is 0.0201. The lowest BCUT2D eigenvalue weighted by atomic mass is 9.95. The summed E-state index contributed by atoms with van der Waals surface area (Å²) < 4.78 is 0. The van der Waals surface area contributed by atoms with E-state index in [-0.39, 0.29) is 5.91 Å². The van der Waals surface area contributed by atoms with Gasteiger partial charge in [-0.3, -0.25) is 4.79 Å². The predicted octanol–water partition coefficient (Wildman–Crippen LogP) is 2.96. The normalized spacial score (nSPS) is 13.4. The molecule has 0 unspecified atom stereocenters. The topological polar surface area (TPSA) is 41.5 Å². The third-order valence-electron chi connectivity index (χ3n) is 2.54. The average Bonchev–Trinajstić information content (AvgIpc) is 2.20. The van der Waals surface area contributed by atoms with Gasteiger partial charge in [0.05, 0.1) is 0 Å². The number of hydrogen-bond acceptors (Lipinski definition) is 2. The van der Waals surface area contributed by atoms with Crippen molar-refractivity contribution >= 4 is 12.1 Å². The molecule has 0 aromatic carbocycles. The van der Waals surface area contributed by atoms with Gasteiger partial charge in [0.15, 0.2) is 0 Å². The van der Waals surface area contributed by atoms with Crippen molar-refractivity contribution in [2.75, 3.05) is 0 Å². The van der Waals surface area contributed by atoms with E-state index in [4.69, 9.17) is 0 Å². The zero-order chi connectivity index (χ0) is 11.7. The Morgan fingerprint density at radius 2 is 2.07 bits per heavy atom. The summed E-state index contributed by atoms with van der Waals surface area (Å²) in [4.78, 5) is 11.2. The van der Waals surface area contributed by atoms with Crippen LogP contribution in [-0.2, 0) is 4.79 Å². The zero-order valence-corrected chi connectivity index (χ0v) is 10.4. The molecule has 1 N–H and O–H groups in total. The van der Waals surface area contributed by atoms with Crippen LogP contribution < -0.4 is 5.43 Å². The van der Waals surface area contributed by atoms with Crippen molar-refractivity contribution in [1.29, 1.82) is 0 Å². The molecule has 0 spiro atoms. The average molecular weight is 212 g/mol. The van der Waals surface area contributed by atoms with Crippen LogP contribution in [0.1, 0.15) is 53.4 Å². The summed E-state index contributed by atoms with van der Waals surface area (Å²) in [5.41, 5.74) is 2.57. The minimum absolute atomic E-state index is 0.0201. The largest absolute Gasteiger partial charge is 0.273 e. The van der Waals surface area contributed by atoms with Crippen molar-refractivity contribution in [3.63, 3.8) is 0 Å². The van der Waals surface area contributed by atoms with E-state index in [9.17, 15) is 4.79 Å². The van der Waals surface area contributed by atoms with Crippen LogP contribution in [0.5, 0.6) is 0 Å². The summed E-state index contributed by atoms with van der Waals surface area (Å²) >= 11 is 0. The van der Waals surface area contributed by atoms with Gasteiger partial charge in [0.25, 0.3) is 0 Å². The molecule has 0 rings (SSSR count). The highest BCUT2D eigenvalue weighted by Crippen LogP contribution is 2.11. The molecule has 0 bridgehead atoms. The standard InChI is InChI=1S/C12H24N2O/c1-5-7-8-12(15)14-13-9-11(6-2)10(3)4/h9-11H,5-8H2,1-4H3,(H,14,15)/b13-9+/t11-/m0/s1. The van der Waals surface area contributed by atoms with Crippen LogP contribution in [0.25, 0.3) is 0 Å². The first-order valence-corrected chi connectivity index (χ1v) is 5.93. The molecule has 0 heterocycles. The van der Waals surface area contributed by atoms with E-state index in [1.807, 2.05) is 6.21 Å². The number of hydrazone groups is 1. The molecule has 0 aliphatic rings. The van der Waals surface area contributed by atoms with Crippen molar-refractivity contribution in [3.05, 3.63) is 0 Å². The number of hydrogen-bond donors (Lipinski definition) is 1. The third kappa shape index (κ3) is 7.11. The Hall–Kier alpha value is -0.860. The van der Waals surface area contributed by atoms with Gasteiger partial charge in [0, 0.05) is 12.6 Å². The molecule has 0 fully saturated rings.